The van der Waals surface area contributed by atoms with Crippen LogP contribution in [0.4, 0.5) is 11.4 Å². The van der Waals surface area contributed by atoms with Crippen molar-refractivity contribution in [3.8, 4) is 5.75 Å². The lowest BCUT2D eigenvalue weighted by molar-refractivity contribution is -0.385. The van der Waals surface area contributed by atoms with Gasteiger partial charge in [0.2, 0.25) is 0 Å². The van der Waals surface area contributed by atoms with Crippen LogP contribution >= 0.6 is 39.1 Å². The number of benzene rings is 2. The highest BCUT2D eigenvalue weighted by Crippen LogP contribution is 2.30. The van der Waals surface area contributed by atoms with E-state index in [4.69, 9.17) is 23.2 Å². The smallest absolute Gasteiger partial charge is 0.271 e. The van der Waals surface area contributed by atoms with E-state index >= 15 is 0 Å². The first-order valence-corrected chi connectivity index (χ1v) is 7.07. The van der Waals surface area contributed by atoms with E-state index in [1.165, 1.54) is 12.3 Å². The van der Waals surface area contributed by atoms with Gasteiger partial charge in [-0.05, 0) is 23.8 Å². The Kier molecular flexibility index (Phi) is 4.82. The lowest BCUT2D eigenvalue weighted by Crippen LogP contribution is -1.99. The summed E-state index contributed by atoms with van der Waals surface area (Å²) in [5, 5.41) is 23.4. The predicted octanol–water partition coefficient (Wildman–Crippen LogP) is 4.49. The molecule has 2 aromatic carbocycles. The van der Waals surface area contributed by atoms with Crippen LogP contribution in [0.2, 0.25) is 10.0 Å². The van der Waals surface area contributed by atoms with Crippen LogP contribution in [0.1, 0.15) is 5.56 Å². The van der Waals surface area contributed by atoms with Gasteiger partial charge in [-0.15, -0.1) is 0 Å². The highest BCUT2D eigenvalue weighted by molar-refractivity contribution is 9.10. The number of rotatable bonds is 3. The van der Waals surface area contributed by atoms with Crippen molar-refractivity contribution in [3.63, 3.8) is 0 Å². The quantitative estimate of drug-likeness (QED) is 0.441. The number of hydrogen-bond acceptors (Lipinski definition) is 4. The monoisotopic (exact) mass is 387 g/mol. The summed E-state index contributed by atoms with van der Waals surface area (Å²) in [7, 11) is 0. The van der Waals surface area contributed by atoms with Crippen molar-refractivity contribution in [2.75, 3.05) is 0 Å². The second kappa shape index (κ2) is 6.43. The molecule has 0 unspecified atom stereocenters. The molecule has 2 aromatic rings. The van der Waals surface area contributed by atoms with Gasteiger partial charge in [0.05, 0.1) is 20.7 Å². The molecule has 5 nitrogen and oxygen atoms in total. The molecular formula is C13H6BrCl2N2O3-. The van der Waals surface area contributed by atoms with E-state index in [1.54, 1.807) is 12.1 Å². The van der Waals surface area contributed by atoms with Gasteiger partial charge in [0.25, 0.3) is 5.69 Å². The van der Waals surface area contributed by atoms with E-state index in [9.17, 15) is 15.2 Å². The van der Waals surface area contributed by atoms with Crippen molar-refractivity contribution in [1.82, 2.24) is 0 Å². The van der Waals surface area contributed by atoms with E-state index < -0.39 is 4.92 Å². The Morgan fingerprint density at radius 2 is 1.90 bits per heavy atom. The molecule has 0 atom stereocenters. The van der Waals surface area contributed by atoms with Crippen LogP contribution in [0.3, 0.4) is 0 Å². The number of halogens is 3. The van der Waals surface area contributed by atoms with Crippen molar-refractivity contribution in [3.05, 3.63) is 60.5 Å². The summed E-state index contributed by atoms with van der Waals surface area (Å²) in [6, 6.07) is 7.02. The molecule has 21 heavy (non-hydrogen) atoms. The molecule has 108 valence electrons. The minimum absolute atomic E-state index is 0.0992. The van der Waals surface area contributed by atoms with Gasteiger partial charge in [0.15, 0.2) is 0 Å². The third-order valence-corrected chi connectivity index (χ3v) is 3.85. The maximum absolute atomic E-state index is 11.9. The zero-order valence-electron chi connectivity index (χ0n) is 10.2. The number of nitrogens with zero attached hydrogens (tertiary/aromatic N) is 2. The molecule has 0 aliphatic carbocycles. The van der Waals surface area contributed by atoms with Gasteiger partial charge < -0.3 is 5.11 Å². The lowest BCUT2D eigenvalue weighted by Gasteiger charge is -2.12. The van der Waals surface area contributed by atoms with E-state index in [1.807, 2.05) is 0 Å². The Bertz CT molecular complexity index is 750. The third kappa shape index (κ3) is 3.72. The second-order valence-corrected chi connectivity index (χ2v) is 5.63. The van der Waals surface area contributed by atoms with Crippen LogP contribution in [0.25, 0.3) is 0 Å². The summed E-state index contributed by atoms with van der Waals surface area (Å²) < 4.78 is 0.104. The summed E-state index contributed by atoms with van der Waals surface area (Å²) in [6.45, 7) is 0. The first-order valence-electron chi connectivity index (χ1n) is 5.52. The lowest BCUT2D eigenvalue weighted by atomic mass is 10.2. The highest BCUT2D eigenvalue weighted by Gasteiger charge is 2.09. The summed E-state index contributed by atoms with van der Waals surface area (Å²) in [6.07, 6.45) is 1.25. The molecule has 0 spiro atoms. The van der Waals surface area contributed by atoms with Crippen molar-refractivity contribution in [2.24, 2.45) is 4.99 Å². The van der Waals surface area contributed by atoms with Gasteiger partial charge in [-0.3, -0.25) is 15.1 Å². The van der Waals surface area contributed by atoms with E-state index in [0.717, 1.165) is 12.1 Å². The van der Waals surface area contributed by atoms with Crippen LogP contribution < -0.4 is 5.11 Å². The second-order valence-electron chi connectivity index (χ2n) is 3.96. The minimum Gasteiger partial charge on any atom is -0.871 e. The minimum atomic E-state index is -0.583. The molecule has 0 aromatic heterocycles. The molecule has 2 rings (SSSR count). The van der Waals surface area contributed by atoms with E-state index in [2.05, 4.69) is 20.9 Å². The first-order chi connectivity index (χ1) is 9.88. The third-order valence-electron chi connectivity index (χ3n) is 2.52. The molecule has 0 heterocycles. The number of aliphatic imine (C=N–C) groups is 1. The molecule has 0 saturated heterocycles. The van der Waals surface area contributed by atoms with Crippen LogP contribution in [0, 0.1) is 10.1 Å². The Morgan fingerprint density at radius 1 is 1.19 bits per heavy atom. The Morgan fingerprint density at radius 3 is 2.52 bits per heavy atom. The predicted molar refractivity (Wildman–Crippen MR) is 84.0 cm³/mol. The number of hydrogen-bond donors (Lipinski definition) is 0. The van der Waals surface area contributed by atoms with Gasteiger partial charge in [0, 0.05) is 22.8 Å². The molecule has 0 bridgehead atoms. The molecular weight excluding hydrogens is 383 g/mol. The van der Waals surface area contributed by atoms with Crippen LogP contribution in [0.15, 0.2) is 39.8 Å². The molecule has 0 aliphatic rings. The fraction of sp³-hybridized carbons (Fsp3) is 0. The normalized spacial score (nSPS) is 11.0. The molecule has 0 amide bonds. The number of nitro groups is 1. The molecule has 0 fully saturated rings. The topological polar surface area (TPSA) is 78.6 Å². The maximum atomic E-state index is 11.9. The maximum Gasteiger partial charge on any atom is 0.271 e. The van der Waals surface area contributed by atoms with Crippen molar-refractivity contribution >= 4 is 56.7 Å². The molecule has 0 aliphatic heterocycles. The number of non-ortho nitro benzene ring substituents is 1. The van der Waals surface area contributed by atoms with Gasteiger partial charge in [0.1, 0.15) is 0 Å². The molecule has 0 N–H and O–H groups in total. The SMILES string of the molecule is O=[N+]([O-])c1cc(Br)c([O-])c(C=Nc2ccc(Cl)c(Cl)c2)c1. The summed E-state index contributed by atoms with van der Waals surface area (Å²) in [4.78, 5) is 14.3. The Balaban J connectivity index is 2.40. The van der Waals surface area contributed by atoms with Crippen molar-refractivity contribution < 1.29 is 10.0 Å². The zero-order valence-corrected chi connectivity index (χ0v) is 13.3. The largest absolute Gasteiger partial charge is 0.871 e. The fourth-order valence-corrected chi connectivity index (χ4v) is 2.27. The average molecular weight is 389 g/mol. The van der Waals surface area contributed by atoms with Gasteiger partial charge in [-0.2, -0.15) is 0 Å². The Labute approximate surface area is 138 Å². The van der Waals surface area contributed by atoms with Crippen LogP contribution in [-0.2, 0) is 0 Å². The van der Waals surface area contributed by atoms with E-state index in [0.29, 0.717) is 15.7 Å². The van der Waals surface area contributed by atoms with Gasteiger partial charge in [-0.25, -0.2) is 0 Å². The fourth-order valence-electron chi connectivity index (χ4n) is 1.51. The van der Waals surface area contributed by atoms with E-state index in [-0.39, 0.29) is 21.5 Å². The summed E-state index contributed by atoms with van der Waals surface area (Å²) in [5.41, 5.74) is 0.380. The highest BCUT2D eigenvalue weighted by atomic mass is 79.9. The van der Waals surface area contributed by atoms with Crippen molar-refractivity contribution in [2.45, 2.75) is 0 Å². The standard InChI is InChI=1S/C13H7BrCl2N2O3/c14-10-5-9(18(20)21)3-7(13(10)19)6-17-8-1-2-11(15)12(16)4-8/h1-6,19H/p-1. The first kappa shape index (κ1) is 15.8. The molecule has 0 saturated carbocycles. The Hall–Kier alpha value is -1.63. The van der Waals surface area contributed by atoms with Crippen LogP contribution in [-0.4, -0.2) is 11.1 Å². The summed E-state index contributed by atoms with van der Waals surface area (Å²) >= 11 is 14.6. The average Bonchev–Trinajstić information content (AvgIpc) is 2.43. The van der Waals surface area contributed by atoms with Crippen LogP contribution in [0.5, 0.6) is 5.75 Å². The van der Waals surface area contributed by atoms with Gasteiger partial charge >= 0.3 is 0 Å². The van der Waals surface area contributed by atoms with Crippen molar-refractivity contribution in [1.29, 1.82) is 0 Å². The molecule has 8 heteroatoms. The zero-order chi connectivity index (χ0) is 15.6. The molecule has 0 radical (unpaired) electrons. The number of nitro benzene ring substituents is 1. The van der Waals surface area contributed by atoms with Gasteiger partial charge in [-0.1, -0.05) is 44.9 Å². The summed E-state index contributed by atoms with van der Waals surface area (Å²) in [5.74, 6) is -0.385.